The Morgan fingerprint density at radius 1 is 1.03 bits per heavy atom. The lowest BCUT2D eigenvalue weighted by Crippen LogP contribution is -2.23. The van der Waals surface area contributed by atoms with Crippen LogP contribution >= 0.6 is 0 Å². The number of carbonyl (C=O) groups is 1. The quantitative estimate of drug-likeness (QED) is 0.627. The average Bonchev–Trinajstić information content (AvgIpc) is 3.27. The van der Waals surface area contributed by atoms with E-state index in [1.54, 1.807) is 24.4 Å². The van der Waals surface area contributed by atoms with E-state index in [-0.39, 0.29) is 11.7 Å². The molecule has 5 nitrogen and oxygen atoms in total. The molecule has 30 heavy (non-hydrogen) atoms. The molecule has 1 N–H and O–H groups in total. The molecule has 2 aromatic carbocycles. The molecule has 1 aromatic heterocycles. The summed E-state index contributed by atoms with van der Waals surface area (Å²) in [5.74, 6) is 0.452. The van der Waals surface area contributed by atoms with Crippen LogP contribution in [0, 0.1) is 5.82 Å². The number of pyridine rings is 1. The molecule has 4 rings (SSSR count). The number of amides is 1. The lowest BCUT2D eigenvalue weighted by molar-refractivity contribution is 0.0950. The molecule has 154 valence electrons. The first kappa shape index (κ1) is 20.0. The van der Waals surface area contributed by atoms with Crippen molar-refractivity contribution in [2.75, 3.05) is 13.1 Å². The largest absolute Gasteiger partial charge is 0.439 e. The van der Waals surface area contributed by atoms with Gasteiger partial charge in [0.05, 0.1) is 0 Å². The van der Waals surface area contributed by atoms with Crippen LogP contribution in [0.1, 0.15) is 34.3 Å². The normalized spacial score (nSPS) is 13.9. The second-order valence-electron chi connectivity index (χ2n) is 7.42. The summed E-state index contributed by atoms with van der Waals surface area (Å²) in [4.78, 5) is 19.2. The van der Waals surface area contributed by atoms with Crippen molar-refractivity contribution in [2.45, 2.75) is 25.9 Å². The number of benzene rings is 2. The Labute approximate surface area is 175 Å². The van der Waals surface area contributed by atoms with E-state index < -0.39 is 0 Å². The number of nitrogens with zero attached hydrogens (tertiary/aromatic N) is 2. The van der Waals surface area contributed by atoms with E-state index >= 15 is 0 Å². The van der Waals surface area contributed by atoms with Crippen LogP contribution in [0.4, 0.5) is 4.39 Å². The molecule has 0 bridgehead atoms. The molecule has 2 heterocycles. The number of carbonyl (C=O) groups excluding carboxylic acids is 1. The van der Waals surface area contributed by atoms with Crippen LogP contribution in [-0.2, 0) is 13.1 Å². The van der Waals surface area contributed by atoms with Gasteiger partial charge in [0.2, 0.25) is 5.88 Å². The second-order valence-corrected chi connectivity index (χ2v) is 7.42. The summed E-state index contributed by atoms with van der Waals surface area (Å²) in [5.41, 5.74) is 2.68. The topological polar surface area (TPSA) is 54.5 Å². The summed E-state index contributed by atoms with van der Waals surface area (Å²) in [5, 5.41) is 2.95. The second kappa shape index (κ2) is 9.50. The van der Waals surface area contributed by atoms with Crippen LogP contribution in [0.2, 0.25) is 0 Å². The van der Waals surface area contributed by atoms with Gasteiger partial charge in [-0.3, -0.25) is 9.69 Å². The minimum Gasteiger partial charge on any atom is -0.439 e. The van der Waals surface area contributed by atoms with Crippen LogP contribution in [-0.4, -0.2) is 28.9 Å². The number of hydrogen-bond acceptors (Lipinski definition) is 4. The maximum atomic E-state index is 13.0. The van der Waals surface area contributed by atoms with Crippen molar-refractivity contribution in [1.82, 2.24) is 15.2 Å². The van der Waals surface area contributed by atoms with E-state index in [9.17, 15) is 9.18 Å². The zero-order valence-corrected chi connectivity index (χ0v) is 16.7. The molecular formula is C24H24FN3O2. The summed E-state index contributed by atoms with van der Waals surface area (Å²) in [6, 6.07) is 17.1. The summed E-state index contributed by atoms with van der Waals surface area (Å²) in [6.07, 6.45) is 4.12. The van der Waals surface area contributed by atoms with Gasteiger partial charge in [0.25, 0.3) is 5.91 Å². The lowest BCUT2D eigenvalue weighted by atomic mass is 10.1. The Morgan fingerprint density at radius 2 is 1.83 bits per heavy atom. The first-order valence-corrected chi connectivity index (χ1v) is 10.1. The highest BCUT2D eigenvalue weighted by molar-refractivity contribution is 5.94. The number of rotatable bonds is 7. The van der Waals surface area contributed by atoms with E-state index in [0.717, 1.165) is 30.8 Å². The molecule has 0 atom stereocenters. The number of aromatic nitrogens is 1. The highest BCUT2D eigenvalue weighted by Crippen LogP contribution is 2.20. The van der Waals surface area contributed by atoms with Crippen LogP contribution in [0.15, 0.2) is 66.9 Å². The molecule has 1 saturated heterocycles. The van der Waals surface area contributed by atoms with Gasteiger partial charge in [-0.1, -0.05) is 12.1 Å². The minimum atomic E-state index is -0.323. The van der Waals surface area contributed by atoms with Crippen molar-refractivity contribution in [2.24, 2.45) is 0 Å². The molecule has 0 radical (unpaired) electrons. The summed E-state index contributed by atoms with van der Waals surface area (Å²) in [6.45, 7) is 3.49. The van der Waals surface area contributed by atoms with Gasteiger partial charge in [-0.05, 0) is 79.5 Å². The first-order chi connectivity index (χ1) is 14.7. The monoisotopic (exact) mass is 405 g/mol. The average molecular weight is 405 g/mol. The summed E-state index contributed by atoms with van der Waals surface area (Å²) in [7, 11) is 0. The van der Waals surface area contributed by atoms with E-state index in [1.165, 1.54) is 25.0 Å². The van der Waals surface area contributed by atoms with Crippen molar-refractivity contribution in [3.63, 3.8) is 0 Å². The number of likely N-dealkylation sites (tertiary alicyclic amines) is 1. The van der Waals surface area contributed by atoms with Gasteiger partial charge < -0.3 is 10.1 Å². The smallest absolute Gasteiger partial charge is 0.251 e. The first-order valence-electron chi connectivity index (χ1n) is 10.1. The molecule has 0 unspecified atom stereocenters. The van der Waals surface area contributed by atoms with E-state index in [4.69, 9.17) is 4.74 Å². The van der Waals surface area contributed by atoms with Crippen molar-refractivity contribution in [1.29, 1.82) is 0 Å². The fraction of sp³-hybridized carbons (Fsp3) is 0.250. The van der Waals surface area contributed by atoms with Crippen molar-refractivity contribution in [3.05, 3.63) is 89.4 Å². The molecule has 1 aliphatic rings. The zero-order chi connectivity index (χ0) is 20.8. The predicted molar refractivity (Wildman–Crippen MR) is 113 cm³/mol. The van der Waals surface area contributed by atoms with Crippen molar-refractivity contribution >= 4 is 5.91 Å². The Bertz CT molecular complexity index is 1000. The number of hydrogen-bond donors (Lipinski definition) is 1. The van der Waals surface area contributed by atoms with E-state index in [1.807, 2.05) is 24.3 Å². The molecule has 0 aliphatic carbocycles. The number of nitrogens with one attached hydrogen (secondary N) is 1. The third-order valence-corrected chi connectivity index (χ3v) is 5.08. The Kier molecular flexibility index (Phi) is 6.35. The van der Waals surface area contributed by atoms with Crippen LogP contribution < -0.4 is 10.1 Å². The van der Waals surface area contributed by atoms with E-state index in [2.05, 4.69) is 21.3 Å². The maximum absolute atomic E-state index is 13.0. The minimum absolute atomic E-state index is 0.115. The van der Waals surface area contributed by atoms with Crippen LogP contribution in [0.3, 0.4) is 0 Å². The highest BCUT2D eigenvalue weighted by atomic mass is 19.1. The molecular weight excluding hydrogens is 381 g/mol. The van der Waals surface area contributed by atoms with Gasteiger partial charge in [-0.2, -0.15) is 0 Å². The van der Waals surface area contributed by atoms with Crippen LogP contribution in [0.5, 0.6) is 11.6 Å². The van der Waals surface area contributed by atoms with Gasteiger partial charge in [0, 0.05) is 30.9 Å². The number of halogens is 1. The standard InChI is InChI=1S/C24H24FN3O2/c25-21-6-8-22(9-7-21)30-23-15-18(10-11-26-23)16-27-24(29)20-5-3-4-19(14-20)17-28-12-1-2-13-28/h3-11,14-15H,1-2,12-13,16-17H2,(H,27,29). The molecule has 1 aliphatic heterocycles. The third kappa shape index (κ3) is 5.42. The molecule has 1 fully saturated rings. The fourth-order valence-electron chi connectivity index (χ4n) is 3.53. The SMILES string of the molecule is O=C(NCc1ccnc(Oc2ccc(F)cc2)c1)c1cccc(CN2CCCC2)c1. The zero-order valence-electron chi connectivity index (χ0n) is 16.7. The fourth-order valence-corrected chi connectivity index (χ4v) is 3.53. The van der Waals surface area contributed by atoms with Gasteiger partial charge in [-0.15, -0.1) is 0 Å². The molecule has 0 saturated carbocycles. The van der Waals surface area contributed by atoms with Gasteiger partial charge in [0.1, 0.15) is 11.6 Å². The Balaban J connectivity index is 1.35. The summed E-state index contributed by atoms with van der Waals surface area (Å²) < 4.78 is 18.7. The van der Waals surface area contributed by atoms with Crippen LogP contribution in [0.25, 0.3) is 0 Å². The molecule has 0 spiro atoms. The van der Waals surface area contributed by atoms with Gasteiger partial charge in [0.15, 0.2) is 0 Å². The molecule has 3 aromatic rings. The molecule has 1 amide bonds. The number of ether oxygens (including phenoxy) is 1. The Hall–Kier alpha value is -3.25. The highest BCUT2D eigenvalue weighted by Gasteiger charge is 2.13. The lowest BCUT2D eigenvalue weighted by Gasteiger charge is -2.15. The predicted octanol–water partition coefficient (Wildman–Crippen LogP) is 4.54. The molecule has 6 heteroatoms. The summed E-state index contributed by atoms with van der Waals surface area (Å²) >= 11 is 0. The maximum Gasteiger partial charge on any atom is 0.251 e. The van der Waals surface area contributed by atoms with Crippen molar-refractivity contribution in [3.8, 4) is 11.6 Å². The third-order valence-electron chi connectivity index (χ3n) is 5.08. The van der Waals surface area contributed by atoms with E-state index in [0.29, 0.717) is 23.7 Å². The van der Waals surface area contributed by atoms with Crippen molar-refractivity contribution < 1.29 is 13.9 Å². The Morgan fingerprint density at radius 3 is 2.63 bits per heavy atom. The van der Waals surface area contributed by atoms with Gasteiger partial charge in [-0.25, -0.2) is 9.37 Å². The van der Waals surface area contributed by atoms with Gasteiger partial charge >= 0.3 is 0 Å².